The number of anilines is 2. The molecular weight excluding hydrogens is 387 g/mol. The summed E-state index contributed by atoms with van der Waals surface area (Å²) in [5, 5.41) is 6.13. The number of H-pyrrole nitrogens is 1. The lowest BCUT2D eigenvalue weighted by Gasteiger charge is -2.13. The Morgan fingerprint density at radius 1 is 1.07 bits per heavy atom. The van der Waals surface area contributed by atoms with Gasteiger partial charge in [-0.25, -0.2) is 9.18 Å². The molecule has 4 rings (SSSR count). The summed E-state index contributed by atoms with van der Waals surface area (Å²) in [7, 11) is 3.05. The molecule has 2 aromatic carbocycles. The van der Waals surface area contributed by atoms with Crippen molar-refractivity contribution >= 4 is 28.3 Å². The van der Waals surface area contributed by atoms with E-state index in [2.05, 4.69) is 20.6 Å². The number of pyridine rings is 1. The van der Waals surface area contributed by atoms with Crippen molar-refractivity contribution in [3.63, 3.8) is 0 Å². The number of carbonyl (C=O) groups excluding carboxylic acids is 1. The molecule has 0 radical (unpaired) electrons. The zero-order chi connectivity index (χ0) is 21.1. The third-order valence-corrected chi connectivity index (χ3v) is 4.61. The maximum atomic E-state index is 13.9. The molecule has 0 saturated heterocycles. The number of benzene rings is 2. The van der Waals surface area contributed by atoms with Crippen LogP contribution < -0.4 is 20.1 Å². The normalized spacial score (nSPS) is 10.6. The van der Waals surface area contributed by atoms with Gasteiger partial charge in [-0.1, -0.05) is 0 Å². The van der Waals surface area contributed by atoms with Crippen LogP contribution in [0.4, 0.5) is 20.6 Å². The molecule has 0 spiro atoms. The molecule has 0 bridgehead atoms. The van der Waals surface area contributed by atoms with Gasteiger partial charge in [0.25, 0.3) is 0 Å². The maximum absolute atomic E-state index is 13.9. The van der Waals surface area contributed by atoms with Gasteiger partial charge >= 0.3 is 6.03 Å². The van der Waals surface area contributed by atoms with Crippen LogP contribution in [0.3, 0.4) is 0 Å². The molecule has 0 unspecified atom stereocenters. The number of amides is 2. The van der Waals surface area contributed by atoms with E-state index in [4.69, 9.17) is 9.47 Å². The molecule has 2 aromatic heterocycles. The second kappa shape index (κ2) is 8.12. The number of ether oxygens (including phenoxy) is 2. The van der Waals surface area contributed by atoms with Gasteiger partial charge in [0.05, 0.1) is 31.3 Å². The van der Waals surface area contributed by atoms with Crippen molar-refractivity contribution < 1.29 is 18.7 Å². The minimum Gasteiger partial charge on any atom is -0.497 e. The smallest absolute Gasteiger partial charge is 0.323 e. The Labute approximate surface area is 171 Å². The summed E-state index contributed by atoms with van der Waals surface area (Å²) in [6.07, 6.45) is 3.32. The molecule has 2 heterocycles. The fourth-order valence-electron chi connectivity index (χ4n) is 3.19. The van der Waals surface area contributed by atoms with Gasteiger partial charge in [-0.2, -0.15) is 0 Å². The number of nitrogens with zero attached hydrogens (tertiary/aromatic N) is 1. The quantitative estimate of drug-likeness (QED) is 0.434. The number of carbonyl (C=O) groups is 1. The molecule has 3 N–H and O–H groups in total. The van der Waals surface area contributed by atoms with E-state index in [9.17, 15) is 9.18 Å². The van der Waals surface area contributed by atoms with Crippen LogP contribution in [0.5, 0.6) is 11.5 Å². The van der Waals surface area contributed by atoms with Crippen LogP contribution in [0.25, 0.3) is 22.2 Å². The van der Waals surface area contributed by atoms with Crippen LogP contribution in [-0.2, 0) is 0 Å². The predicted octanol–water partition coefficient (Wildman–Crippen LogP) is 5.03. The number of aromatic nitrogens is 2. The average molecular weight is 406 g/mol. The first-order valence-electron chi connectivity index (χ1n) is 9.10. The van der Waals surface area contributed by atoms with Crippen molar-refractivity contribution in [1.82, 2.24) is 9.97 Å². The number of aromatic amines is 1. The second-order valence-electron chi connectivity index (χ2n) is 6.45. The van der Waals surface area contributed by atoms with Gasteiger partial charge in [-0.05, 0) is 42.5 Å². The molecule has 0 aliphatic rings. The summed E-state index contributed by atoms with van der Waals surface area (Å²) in [6.45, 7) is 0. The van der Waals surface area contributed by atoms with Crippen LogP contribution in [0.2, 0.25) is 0 Å². The highest BCUT2D eigenvalue weighted by Crippen LogP contribution is 2.35. The zero-order valence-electron chi connectivity index (χ0n) is 16.3. The lowest BCUT2D eigenvalue weighted by Crippen LogP contribution is -2.20. The fourth-order valence-corrected chi connectivity index (χ4v) is 3.19. The molecule has 2 amide bonds. The van der Waals surface area contributed by atoms with Crippen molar-refractivity contribution in [3.05, 3.63) is 66.7 Å². The fraction of sp³-hybridized carbons (Fsp3) is 0.0909. The Morgan fingerprint density at radius 3 is 2.67 bits per heavy atom. The van der Waals surface area contributed by atoms with E-state index in [-0.39, 0.29) is 0 Å². The Kier molecular flexibility index (Phi) is 5.21. The minimum absolute atomic E-state index is 0.403. The Bertz CT molecular complexity index is 1210. The van der Waals surface area contributed by atoms with E-state index in [0.29, 0.717) is 39.5 Å². The summed E-state index contributed by atoms with van der Waals surface area (Å²) in [4.78, 5) is 20.1. The molecule has 0 atom stereocenters. The van der Waals surface area contributed by atoms with Gasteiger partial charge in [0.1, 0.15) is 17.3 Å². The number of methoxy groups -OCH3 is 2. The topological polar surface area (TPSA) is 88.3 Å². The minimum atomic E-state index is -0.506. The Hall–Kier alpha value is -4.07. The lowest BCUT2D eigenvalue weighted by atomic mass is 10.1. The molecule has 0 aliphatic heterocycles. The first-order valence-corrected chi connectivity index (χ1v) is 9.10. The standard InChI is InChI=1S/C22H19FN4O3/c1-29-15-6-8-18(19(11-15)30-2)26-22(28)27-21-16-10-14(23)5-7-17(16)25-20(21)13-4-3-9-24-12-13/h3-12,25H,1-2H3,(H2,26,27,28). The molecule has 0 fully saturated rings. The van der Waals surface area contributed by atoms with Crippen molar-refractivity contribution in [1.29, 1.82) is 0 Å². The van der Waals surface area contributed by atoms with E-state index < -0.39 is 11.8 Å². The van der Waals surface area contributed by atoms with Crippen LogP contribution in [0, 0.1) is 5.82 Å². The number of fused-ring (bicyclic) bond motifs is 1. The predicted molar refractivity (Wildman–Crippen MR) is 114 cm³/mol. The summed E-state index contributed by atoms with van der Waals surface area (Å²) in [5.41, 5.74) is 2.98. The highest BCUT2D eigenvalue weighted by molar-refractivity contribution is 6.11. The van der Waals surface area contributed by atoms with E-state index in [1.165, 1.54) is 19.2 Å². The summed E-state index contributed by atoms with van der Waals surface area (Å²) >= 11 is 0. The highest BCUT2D eigenvalue weighted by Gasteiger charge is 2.17. The second-order valence-corrected chi connectivity index (χ2v) is 6.45. The van der Waals surface area contributed by atoms with E-state index >= 15 is 0 Å². The number of hydrogen-bond acceptors (Lipinski definition) is 4. The van der Waals surface area contributed by atoms with Crippen LogP contribution in [0.15, 0.2) is 60.9 Å². The number of hydrogen-bond donors (Lipinski definition) is 3. The van der Waals surface area contributed by atoms with E-state index in [0.717, 1.165) is 5.56 Å². The van der Waals surface area contributed by atoms with Gasteiger partial charge in [0, 0.05) is 34.9 Å². The number of urea groups is 1. The zero-order valence-corrected chi connectivity index (χ0v) is 16.3. The van der Waals surface area contributed by atoms with Crippen LogP contribution in [0.1, 0.15) is 0 Å². The first-order chi connectivity index (χ1) is 14.6. The summed E-state index contributed by atoms with van der Waals surface area (Å²) < 4.78 is 24.4. The number of halogens is 1. The first kappa shape index (κ1) is 19.3. The number of rotatable bonds is 5. The summed E-state index contributed by atoms with van der Waals surface area (Å²) in [6, 6.07) is 12.5. The van der Waals surface area contributed by atoms with Gasteiger partial charge in [0.15, 0.2) is 0 Å². The van der Waals surface area contributed by atoms with Crippen molar-refractivity contribution in [2.75, 3.05) is 24.9 Å². The van der Waals surface area contributed by atoms with Crippen molar-refractivity contribution in [2.45, 2.75) is 0 Å². The SMILES string of the molecule is COc1ccc(NC(=O)Nc2c(-c3cccnc3)[nH]c3ccc(F)cc23)c(OC)c1. The van der Waals surface area contributed by atoms with E-state index in [1.54, 1.807) is 49.8 Å². The van der Waals surface area contributed by atoms with Gasteiger partial charge in [-0.3, -0.25) is 4.98 Å². The van der Waals surface area contributed by atoms with Gasteiger partial charge in [-0.15, -0.1) is 0 Å². The Balaban J connectivity index is 1.69. The maximum Gasteiger partial charge on any atom is 0.323 e. The molecule has 0 aliphatic carbocycles. The molecule has 4 aromatic rings. The van der Waals surface area contributed by atoms with Gasteiger partial charge < -0.3 is 25.1 Å². The van der Waals surface area contributed by atoms with E-state index in [1.807, 2.05) is 6.07 Å². The van der Waals surface area contributed by atoms with Gasteiger partial charge in [0.2, 0.25) is 0 Å². The van der Waals surface area contributed by atoms with Crippen LogP contribution >= 0.6 is 0 Å². The molecule has 0 saturated carbocycles. The molecule has 7 nitrogen and oxygen atoms in total. The monoisotopic (exact) mass is 406 g/mol. The van der Waals surface area contributed by atoms with Crippen molar-refractivity contribution in [3.8, 4) is 22.8 Å². The molecular formula is C22H19FN4O3. The molecule has 152 valence electrons. The van der Waals surface area contributed by atoms with Crippen molar-refractivity contribution in [2.24, 2.45) is 0 Å². The summed E-state index contributed by atoms with van der Waals surface area (Å²) in [5.74, 6) is 0.644. The molecule has 30 heavy (non-hydrogen) atoms. The third-order valence-electron chi connectivity index (χ3n) is 4.61. The third kappa shape index (κ3) is 3.75. The van der Waals surface area contributed by atoms with Crippen LogP contribution in [-0.4, -0.2) is 30.2 Å². The largest absolute Gasteiger partial charge is 0.497 e. The lowest BCUT2D eigenvalue weighted by molar-refractivity contribution is 0.262. The molecule has 8 heteroatoms. The highest BCUT2D eigenvalue weighted by atomic mass is 19.1. The number of nitrogens with one attached hydrogen (secondary N) is 3. The Morgan fingerprint density at radius 2 is 1.93 bits per heavy atom. The average Bonchev–Trinajstić information content (AvgIpc) is 3.12.